The third kappa shape index (κ3) is 6.70. The van der Waals surface area contributed by atoms with E-state index in [1.165, 1.54) is 23.8 Å². The summed E-state index contributed by atoms with van der Waals surface area (Å²) in [6, 6.07) is 21.9. The quantitative estimate of drug-likeness (QED) is 0.186. The Morgan fingerprint density at radius 3 is 2.59 bits per heavy atom. The van der Waals surface area contributed by atoms with E-state index in [1.807, 2.05) is 42.5 Å². The number of aromatic nitrogens is 2. The van der Waals surface area contributed by atoms with Crippen molar-refractivity contribution in [2.45, 2.75) is 63.8 Å². The molecule has 0 fully saturated rings. The lowest BCUT2D eigenvalue weighted by Gasteiger charge is -2.35. The molecule has 7 nitrogen and oxygen atoms in total. The molecule has 2 aliphatic rings. The summed E-state index contributed by atoms with van der Waals surface area (Å²) in [6.45, 7) is 3.85. The molecule has 3 heterocycles. The second-order valence-electron chi connectivity index (χ2n) is 11.4. The Balaban J connectivity index is 1.19. The van der Waals surface area contributed by atoms with Crippen LogP contribution in [0.4, 0.5) is 0 Å². The van der Waals surface area contributed by atoms with Crippen molar-refractivity contribution in [2.24, 2.45) is 0 Å². The zero-order valence-electron chi connectivity index (χ0n) is 24.8. The third-order valence-corrected chi connectivity index (χ3v) is 9.32. The maximum atomic E-state index is 12.8. The first-order chi connectivity index (χ1) is 21.4. The molecule has 0 N–H and O–H groups in total. The molecule has 3 atom stereocenters. The topological polar surface area (TPSA) is 73.8 Å². The molecule has 6 rings (SSSR count). The highest BCUT2D eigenvalue weighted by Crippen LogP contribution is 2.38. The number of fused-ring (bicyclic) bond motifs is 2. The Morgan fingerprint density at radius 1 is 1.02 bits per heavy atom. The van der Waals surface area contributed by atoms with E-state index < -0.39 is 6.04 Å². The Labute approximate surface area is 268 Å². The molecule has 228 valence electrons. The number of esters is 1. The lowest BCUT2D eigenvalue weighted by Crippen LogP contribution is -2.45. The second kappa shape index (κ2) is 13.6. The zero-order valence-corrected chi connectivity index (χ0v) is 26.4. The van der Waals surface area contributed by atoms with Crippen LogP contribution < -0.4 is 9.47 Å². The summed E-state index contributed by atoms with van der Waals surface area (Å²) >= 11 is 12.4. The van der Waals surface area contributed by atoms with Gasteiger partial charge >= 0.3 is 5.97 Å². The highest BCUT2D eigenvalue weighted by molar-refractivity contribution is 6.42. The smallest absolute Gasteiger partial charge is 0.323 e. The molecule has 0 radical (unpaired) electrons. The first kappa shape index (κ1) is 30.4. The van der Waals surface area contributed by atoms with Crippen LogP contribution in [0.2, 0.25) is 10.0 Å². The van der Waals surface area contributed by atoms with Crippen molar-refractivity contribution in [3.8, 4) is 11.5 Å². The fourth-order valence-corrected chi connectivity index (χ4v) is 6.53. The molecule has 0 amide bonds. The summed E-state index contributed by atoms with van der Waals surface area (Å²) in [5, 5.41) is 9.31. The van der Waals surface area contributed by atoms with Crippen molar-refractivity contribution in [1.29, 1.82) is 0 Å². The molecule has 0 aliphatic carbocycles. The van der Waals surface area contributed by atoms with Crippen LogP contribution in [0.1, 0.15) is 65.3 Å². The van der Waals surface area contributed by atoms with Crippen LogP contribution in [0.5, 0.6) is 11.5 Å². The number of hydrogen-bond acceptors (Lipinski definition) is 7. The van der Waals surface area contributed by atoms with Crippen molar-refractivity contribution in [3.05, 3.63) is 116 Å². The van der Waals surface area contributed by atoms with E-state index in [-0.39, 0.29) is 12.1 Å². The predicted octanol–water partition coefficient (Wildman–Crippen LogP) is 7.52. The molecule has 44 heavy (non-hydrogen) atoms. The lowest BCUT2D eigenvalue weighted by molar-refractivity contribution is -0.148. The van der Waals surface area contributed by atoms with Gasteiger partial charge in [-0.25, -0.2) is 0 Å². The molecular weight excluding hydrogens is 597 g/mol. The van der Waals surface area contributed by atoms with Crippen molar-refractivity contribution in [2.75, 3.05) is 13.7 Å². The highest BCUT2D eigenvalue weighted by atomic mass is 35.5. The van der Waals surface area contributed by atoms with Gasteiger partial charge < -0.3 is 14.2 Å². The molecular formula is C35H35Cl2N3O4. The number of methoxy groups -OCH3 is 1. The van der Waals surface area contributed by atoms with Crippen LogP contribution in [0.15, 0.2) is 72.9 Å². The monoisotopic (exact) mass is 631 g/mol. The molecule has 3 aromatic carbocycles. The molecule has 9 heteroatoms. The summed E-state index contributed by atoms with van der Waals surface area (Å²) in [7, 11) is 1.44. The lowest BCUT2D eigenvalue weighted by atomic mass is 9.86. The molecule has 2 unspecified atom stereocenters. The Morgan fingerprint density at radius 2 is 1.86 bits per heavy atom. The van der Waals surface area contributed by atoms with Gasteiger partial charge in [-0.05, 0) is 102 Å². The summed E-state index contributed by atoms with van der Waals surface area (Å²) in [5.74, 6) is 1.78. The summed E-state index contributed by atoms with van der Waals surface area (Å²) in [4.78, 5) is 14.9. The highest BCUT2D eigenvalue weighted by Gasteiger charge is 2.34. The van der Waals surface area contributed by atoms with Gasteiger partial charge in [0.25, 0.3) is 0 Å². The van der Waals surface area contributed by atoms with Gasteiger partial charge in [0, 0.05) is 19.3 Å². The van der Waals surface area contributed by atoms with E-state index in [1.54, 1.807) is 6.20 Å². The number of halogens is 2. The van der Waals surface area contributed by atoms with Gasteiger partial charge in [0.1, 0.15) is 23.6 Å². The minimum atomic E-state index is -0.393. The number of nitrogens with zero attached hydrogens (tertiary/aromatic N) is 3. The van der Waals surface area contributed by atoms with E-state index in [0.717, 1.165) is 47.6 Å². The molecule has 1 aromatic heterocycles. The molecule has 2 aliphatic heterocycles. The molecule has 0 spiro atoms. The van der Waals surface area contributed by atoms with Crippen LogP contribution in [-0.2, 0) is 35.5 Å². The summed E-state index contributed by atoms with van der Waals surface area (Å²) in [5.41, 5.74) is 6.59. The standard InChI is InChI=1S/C35H35Cl2N3O4/c1-3-33(24-8-11-30(36)31(37)17-24)44-29-9-6-22(7-10-29)23-12-14-43-34-19-25-18-32(35(41)42-2)40(20-27(25)16-26(34)15-23)21-28-5-4-13-38-39-28/h4-11,13,16-17,19,23,32-33H,3,12,14-15,18,20-21H2,1-2H3/t23?,32-,33?/m0/s1. The van der Waals surface area contributed by atoms with Gasteiger partial charge in [0.2, 0.25) is 0 Å². The third-order valence-electron chi connectivity index (χ3n) is 8.58. The van der Waals surface area contributed by atoms with Gasteiger partial charge in [0.15, 0.2) is 0 Å². The fourth-order valence-electron chi connectivity index (χ4n) is 6.22. The van der Waals surface area contributed by atoms with Crippen molar-refractivity contribution in [1.82, 2.24) is 15.1 Å². The van der Waals surface area contributed by atoms with Gasteiger partial charge in [-0.15, -0.1) is 0 Å². The van der Waals surface area contributed by atoms with E-state index in [2.05, 4.69) is 46.3 Å². The second-order valence-corrected chi connectivity index (χ2v) is 12.2. The number of benzene rings is 3. The Hall–Kier alpha value is -3.65. The van der Waals surface area contributed by atoms with Crippen molar-refractivity contribution >= 4 is 29.2 Å². The maximum Gasteiger partial charge on any atom is 0.323 e. The molecule has 4 aromatic rings. The minimum absolute atomic E-state index is 0.118. The first-order valence-electron chi connectivity index (χ1n) is 15.0. The average Bonchev–Trinajstić information content (AvgIpc) is 3.26. The summed E-state index contributed by atoms with van der Waals surface area (Å²) in [6.07, 6.45) is 4.67. The van der Waals surface area contributed by atoms with Crippen LogP contribution in [0.3, 0.4) is 0 Å². The molecule has 0 saturated carbocycles. The molecule has 0 saturated heterocycles. The van der Waals surface area contributed by atoms with E-state index in [9.17, 15) is 4.79 Å². The largest absolute Gasteiger partial charge is 0.493 e. The van der Waals surface area contributed by atoms with E-state index >= 15 is 0 Å². The average molecular weight is 633 g/mol. The first-order valence-corrected chi connectivity index (χ1v) is 15.7. The molecule has 0 bridgehead atoms. The Kier molecular flexibility index (Phi) is 9.36. The van der Waals surface area contributed by atoms with Crippen molar-refractivity contribution in [3.63, 3.8) is 0 Å². The normalized spacial score (nSPS) is 18.7. The van der Waals surface area contributed by atoms with E-state index in [4.69, 9.17) is 37.4 Å². The van der Waals surface area contributed by atoms with Gasteiger partial charge in [-0.1, -0.05) is 54.4 Å². The summed E-state index contributed by atoms with van der Waals surface area (Å²) < 4.78 is 17.8. The van der Waals surface area contributed by atoms with Crippen LogP contribution in [-0.4, -0.2) is 40.8 Å². The van der Waals surface area contributed by atoms with Gasteiger partial charge in [0.05, 0.1) is 29.5 Å². The SMILES string of the molecule is CCC(Oc1ccc(C2CCOc3cc4c(cc3C2)CN(Cc2cccnn2)[C@H](C(=O)OC)C4)cc1)c1ccc(Cl)c(Cl)c1. The fraction of sp³-hybridized carbons (Fsp3) is 0.343. The van der Waals surface area contributed by atoms with Gasteiger partial charge in [-0.2, -0.15) is 10.2 Å². The minimum Gasteiger partial charge on any atom is -0.493 e. The number of hydrogen-bond donors (Lipinski definition) is 0. The number of rotatable bonds is 8. The van der Waals surface area contributed by atoms with Crippen LogP contribution in [0.25, 0.3) is 0 Å². The predicted molar refractivity (Wildman–Crippen MR) is 170 cm³/mol. The maximum absolute atomic E-state index is 12.8. The van der Waals surface area contributed by atoms with Crippen molar-refractivity contribution < 1.29 is 19.0 Å². The number of ether oxygens (including phenoxy) is 3. The van der Waals surface area contributed by atoms with Gasteiger partial charge in [-0.3, -0.25) is 9.69 Å². The number of carbonyl (C=O) groups is 1. The zero-order chi connectivity index (χ0) is 30.6. The number of carbonyl (C=O) groups excluding carboxylic acids is 1. The van der Waals surface area contributed by atoms with E-state index in [0.29, 0.717) is 42.1 Å². The van der Waals surface area contributed by atoms with Crippen LogP contribution in [0, 0.1) is 0 Å². The van der Waals surface area contributed by atoms with Crippen LogP contribution >= 0.6 is 23.2 Å². The Bertz CT molecular complexity index is 1620.